The van der Waals surface area contributed by atoms with Crippen LogP contribution in [-0.4, -0.2) is 9.78 Å². The maximum Gasteiger partial charge on any atom is 0.145 e. The van der Waals surface area contributed by atoms with Crippen molar-refractivity contribution in [2.75, 3.05) is 5.73 Å². The maximum absolute atomic E-state index is 9.44. The molecule has 0 radical (unpaired) electrons. The Labute approximate surface area is 147 Å². The summed E-state index contributed by atoms with van der Waals surface area (Å²) in [4.78, 5) is 0. The number of nitrogens with zero attached hydrogens (tertiary/aromatic N) is 3. The number of rotatable bonds is 2. The predicted molar refractivity (Wildman–Crippen MR) is 93.2 cm³/mol. The Hall–Kier alpha value is -2.19. The Morgan fingerprint density at radius 3 is 2.43 bits per heavy atom. The van der Waals surface area contributed by atoms with Gasteiger partial charge in [0.15, 0.2) is 0 Å². The Kier molecular flexibility index (Phi) is 4.18. The first-order valence-electron chi connectivity index (χ1n) is 6.51. The molecule has 0 bridgehead atoms. The van der Waals surface area contributed by atoms with Gasteiger partial charge in [0.25, 0.3) is 0 Å². The highest BCUT2D eigenvalue weighted by atomic mass is 35.5. The Balaban J connectivity index is 2.24. The number of aromatic nitrogens is 2. The molecule has 3 rings (SSSR count). The molecule has 4 nitrogen and oxygen atoms in total. The number of anilines is 1. The Morgan fingerprint density at radius 1 is 1.04 bits per heavy atom. The van der Waals surface area contributed by atoms with Crippen LogP contribution < -0.4 is 5.73 Å². The Morgan fingerprint density at radius 2 is 1.78 bits per heavy atom. The van der Waals surface area contributed by atoms with Gasteiger partial charge in [-0.3, -0.25) is 0 Å². The van der Waals surface area contributed by atoms with Crippen LogP contribution in [0.3, 0.4) is 0 Å². The summed E-state index contributed by atoms with van der Waals surface area (Å²) in [6.45, 7) is 0. The van der Waals surface area contributed by atoms with Crippen molar-refractivity contribution in [3.63, 3.8) is 0 Å². The van der Waals surface area contributed by atoms with E-state index in [9.17, 15) is 5.26 Å². The molecule has 0 saturated carbocycles. The van der Waals surface area contributed by atoms with Crippen LogP contribution in [-0.2, 0) is 0 Å². The minimum Gasteiger partial charge on any atom is -0.382 e. The Bertz CT molecular complexity index is 941. The number of benzene rings is 2. The van der Waals surface area contributed by atoms with Gasteiger partial charge in [-0.2, -0.15) is 10.4 Å². The largest absolute Gasteiger partial charge is 0.382 e. The summed E-state index contributed by atoms with van der Waals surface area (Å²) in [7, 11) is 0. The average molecular weight is 364 g/mol. The van der Waals surface area contributed by atoms with Crippen LogP contribution in [0.4, 0.5) is 5.82 Å². The van der Waals surface area contributed by atoms with Gasteiger partial charge in [-0.25, -0.2) is 4.68 Å². The summed E-state index contributed by atoms with van der Waals surface area (Å²) in [6, 6.07) is 14.1. The zero-order valence-corrected chi connectivity index (χ0v) is 13.9. The van der Waals surface area contributed by atoms with E-state index in [1.807, 2.05) is 0 Å². The minimum absolute atomic E-state index is 0.218. The third-order valence-electron chi connectivity index (χ3n) is 3.27. The second-order valence-corrected chi connectivity index (χ2v) is 6.02. The first kappa shape index (κ1) is 15.7. The molecular formula is C16H9Cl3N4. The molecule has 0 spiro atoms. The van der Waals surface area contributed by atoms with Crippen LogP contribution in [0.25, 0.3) is 16.9 Å². The van der Waals surface area contributed by atoms with E-state index >= 15 is 0 Å². The van der Waals surface area contributed by atoms with Gasteiger partial charge in [-0.15, -0.1) is 0 Å². The van der Waals surface area contributed by atoms with Gasteiger partial charge in [-0.1, -0.05) is 40.9 Å². The summed E-state index contributed by atoms with van der Waals surface area (Å²) in [5.74, 6) is 0.218. The minimum atomic E-state index is 0.218. The van der Waals surface area contributed by atoms with Crippen LogP contribution in [0.2, 0.25) is 15.1 Å². The summed E-state index contributed by atoms with van der Waals surface area (Å²) in [5.41, 5.74) is 7.96. The molecule has 0 saturated heterocycles. The van der Waals surface area contributed by atoms with E-state index in [4.69, 9.17) is 40.5 Å². The topological polar surface area (TPSA) is 67.6 Å². The lowest BCUT2D eigenvalue weighted by molar-refractivity contribution is 0.895. The summed E-state index contributed by atoms with van der Waals surface area (Å²) < 4.78 is 1.46. The lowest BCUT2D eigenvalue weighted by atomic mass is 10.1. The van der Waals surface area contributed by atoms with Gasteiger partial charge in [0.05, 0.1) is 10.7 Å². The number of nitrogen functional groups attached to an aromatic ring is 1. The number of nitrogens with two attached hydrogens (primary N) is 1. The molecule has 1 heterocycles. The van der Waals surface area contributed by atoms with Crippen molar-refractivity contribution in [2.45, 2.75) is 0 Å². The fourth-order valence-electron chi connectivity index (χ4n) is 2.22. The molecule has 23 heavy (non-hydrogen) atoms. The van der Waals surface area contributed by atoms with E-state index < -0.39 is 0 Å². The van der Waals surface area contributed by atoms with E-state index in [1.165, 1.54) is 4.68 Å². The quantitative estimate of drug-likeness (QED) is 0.700. The van der Waals surface area contributed by atoms with Crippen molar-refractivity contribution in [1.29, 1.82) is 5.26 Å². The van der Waals surface area contributed by atoms with Crippen molar-refractivity contribution in [2.24, 2.45) is 0 Å². The lowest BCUT2D eigenvalue weighted by Crippen LogP contribution is -2.02. The highest BCUT2D eigenvalue weighted by Gasteiger charge is 2.20. The number of halogens is 3. The van der Waals surface area contributed by atoms with Crippen LogP contribution in [0.15, 0.2) is 42.5 Å². The first-order chi connectivity index (χ1) is 11.0. The number of hydrogen-bond acceptors (Lipinski definition) is 3. The molecular weight excluding hydrogens is 355 g/mol. The monoisotopic (exact) mass is 362 g/mol. The zero-order valence-electron chi connectivity index (χ0n) is 11.6. The molecule has 0 aliphatic heterocycles. The molecule has 7 heteroatoms. The fourth-order valence-corrected chi connectivity index (χ4v) is 2.90. The van der Waals surface area contributed by atoms with Crippen molar-refractivity contribution < 1.29 is 0 Å². The molecule has 0 fully saturated rings. The molecule has 0 aliphatic rings. The first-order valence-corrected chi connectivity index (χ1v) is 7.64. The summed E-state index contributed by atoms with van der Waals surface area (Å²) in [6.07, 6.45) is 0. The maximum atomic E-state index is 9.44. The van der Waals surface area contributed by atoms with E-state index in [0.717, 1.165) is 0 Å². The SMILES string of the molecule is N#Cc1c(-c2ccc(Cl)cc2Cl)nn(-c2cccc(Cl)c2)c1N. The van der Waals surface area contributed by atoms with Gasteiger partial charge in [0.1, 0.15) is 23.1 Å². The van der Waals surface area contributed by atoms with Gasteiger partial charge in [-0.05, 0) is 36.4 Å². The third-order valence-corrected chi connectivity index (χ3v) is 4.05. The smallest absolute Gasteiger partial charge is 0.145 e. The highest BCUT2D eigenvalue weighted by Crippen LogP contribution is 2.34. The molecule has 114 valence electrons. The summed E-state index contributed by atoms with van der Waals surface area (Å²) in [5, 5.41) is 15.3. The van der Waals surface area contributed by atoms with Crippen molar-refractivity contribution in [1.82, 2.24) is 9.78 Å². The van der Waals surface area contributed by atoms with Crippen LogP contribution in [0.5, 0.6) is 0 Å². The number of hydrogen-bond donors (Lipinski definition) is 1. The third kappa shape index (κ3) is 2.87. The van der Waals surface area contributed by atoms with Gasteiger partial charge >= 0.3 is 0 Å². The normalized spacial score (nSPS) is 10.5. The van der Waals surface area contributed by atoms with E-state index in [2.05, 4.69) is 11.2 Å². The van der Waals surface area contributed by atoms with Gasteiger partial charge < -0.3 is 5.73 Å². The van der Waals surface area contributed by atoms with Crippen LogP contribution in [0.1, 0.15) is 5.56 Å². The molecule has 0 atom stereocenters. The average Bonchev–Trinajstić information content (AvgIpc) is 2.84. The highest BCUT2D eigenvalue weighted by molar-refractivity contribution is 6.36. The molecule has 0 unspecified atom stereocenters. The van der Waals surface area contributed by atoms with Crippen LogP contribution in [0, 0.1) is 11.3 Å². The lowest BCUT2D eigenvalue weighted by Gasteiger charge is -2.04. The second-order valence-electron chi connectivity index (χ2n) is 4.74. The van der Waals surface area contributed by atoms with Crippen molar-refractivity contribution >= 4 is 40.6 Å². The van der Waals surface area contributed by atoms with E-state index in [-0.39, 0.29) is 11.4 Å². The predicted octanol–water partition coefficient (Wildman–Crippen LogP) is 4.95. The van der Waals surface area contributed by atoms with E-state index in [1.54, 1.807) is 42.5 Å². The second kappa shape index (κ2) is 6.13. The van der Waals surface area contributed by atoms with E-state index in [0.29, 0.717) is 32.0 Å². The molecule has 1 aromatic heterocycles. The fraction of sp³-hybridized carbons (Fsp3) is 0. The molecule has 0 amide bonds. The standard InChI is InChI=1S/C16H9Cl3N4/c17-9-2-1-3-11(6-9)23-16(21)13(8-20)15(22-23)12-5-4-10(18)7-14(12)19/h1-7H,21H2. The summed E-state index contributed by atoms with van der Waals surface area (Å²) >= 11 is 18.1. The molecule has 2 N–H and O–H groups in total. The molecule has 3 aromatic rings. The molecule has 2 aromatic carbocycles. The van der Waals surface area contributed by atoms with Crippen molar-refractivity contribution in [3.05, 3.63) is 63.1 Å². The zero-order chi connectivity index (χ0) is 16.6. The van der Waals surface area contributed by atoms with Crippen LogP contribution >= 0.6 is 34.8 Å². The van der Waals surface area contributed by atoms with Crippen molar-refractivity contribution in [3.8, 4) is 23.0 Å². The molecule has 0 aliphatic carbocycles. The van der Waals surface area contributed by atoms with Gasteiger partial charge in [0.2, 0.25) is 0 Å². The van der Waals surface area contributed by atoms with Gasteiger partial charge in [0, 0.05) is 15.6 Å². The number of nitriles is 1.